The molecule has 1 rings (SSSR count). The van der Waals surface area contributed by atoms with Crippen molar-refractivity contribution in [2.45, 2.75) is 18.4 Å². The summed E-state index contributed by atoms with van der Waals surface area (Å²) in [6.07, 6.45) is -1.97. The molecule has 1 aromatic heterocycles. The average Bonchev–Trinajstić information content (AvgIpc) is 2.06. The molecule has 1 aromatic rings. The first-order chi connectivity index (χ1) is 6.75. The van der Waals surface area contributed by atoms with Crippen molar-refractivity contribution in [2.75, 3.05) is 0 Å². The lowest BCUT2D eigenvalue weighted by Crippen LogP contribution is -2.04. The minimum Gasteiger partial charge on any atom is -0.243 e. The highest BCUT2D eigenvalue weighted by atomic mass is 35.7. The van der Waals surface area contributed by atoms with Crippen molar-refractivity contribution in [3.8, 4) is 0 Å². The van der Waals surface area contributed by atoms with Crippen LogP contribution < -0.4 is 0 Å². The first-order valence-electron chi connectivity index (χ1n) is 3.63. The van der Waals surface area contributed by atoms with Crippen molar-refractivity contribution in [3.05, 3.63) is 22.3 Å². The quantitative estimate of drug-likeness (QED) is 0.780. The molecule has 0 N–H and O–H groups in total. The molecule has 0 aliphatic rings. The Bertz CT molecular complexity index is 490. The van der Waals surface area contributed by atoms with Crippen LogP contribution >= 0.6 is 22.3 Å². The highest BCUT2D eigenvalue weighted by molar-refractivity contribution is 8.13. The standard InChI is InChI=1S/C7H5Cl2F2NO2S/c1-3-2-12-7(15(9,13)14)4(5(3)8)6(10)11/h2,6H,1H3. The molecule has 1 heterocycles. The number of hydrogen-bond acceptors (Lipinski definition) is 3. The Balaban J connectivity index is 3.62. The molecule has 0 bridgehead atoms. The topological polar surface area (TPSA) is 47.0 Å². The van der Waals surface area contributed by atoms with Crippen molar-refractivity contribution in [3.63, 3.8) is 0 Å². The molecular formula is C7H5Cl2F2NO2S. The van der Waals surface area contributed by atoms with Gasteiger partial charge in [0.2, 0.25) is 0 Å². The molecule has 0 aliphatic carbocycles. The highest BCUT2D eigenvalue weighted by Gasteiger charge is 2.27. The van der Waals surface area contributed by atoms with Crippen molar-refractivity contribution in [1.29, 1.82) is 0 Å². The van der Waals surface area contributed by atoms with Crippen LogP contribution in [0.3, 0.4) is 0 Å². The van der Waals surface area contributed by atoms with Crippen molar-refractivity contribution in [1.82, 2.24) is 4.98 Å². The van der Waals surface area contributed by atoms with E-state index in [0.717, 1.165) is 6.20 Å². The molecule has 0 unspecified atom stereocenters. The van der Waals surface area contributed by atoms with E-state index in [-0.39, 0.29) is 10.6 Å². The van der Waals surface area contributed by atoms with Crippen LogP contribution in [0.2, 0.25) is 5.02 Å². The van der Waals surface area contributed by atoms with E-state index in [1.54, 1.807) is 0 Å². The molecule has 8 heteroatoms. The zero-order chi connectivity index (χ0) is 11.8. The Hall–Kier alpha value is -0.460. The molecular weight excluding hydrogens is 271 g/mol. The summed E-state index contributed by atoms with van der Waals surface area (Å²) in [4.78, 5) is 3.35. The summed E-state index contributed by atoms with van der Waals surface area (Å²) in [6.45, 7) is 1.44. The number of hydrogen-bond donors (Lipinski definition) is 0. The van der Waals surface area contributed by atoms with E-state index in [1.807, 2.05) is 0 Å². The number of pyridine rings is 1. The van der Waals surface area contributed by atoms with Crippen LogP contribution in [0.5, 0.6) is 0 Å². The number of halogens is 4. The van der Waals surface area contributed by atoms with Crippen molar-refractivity contribution < 1.29 is 17.2 Å². The number of aromatic nitrogens is 1. The Labute approximate surface area is 94.4 Å². The highest BCUT2D eigenvalue weighted by Crippen LogP contribution is 2.34. The second kappa shape index (κ2) is 4.19. The van der Waals surface area contributed by atoms with Gasteiger partial charge in [-0.3, -0.25) is 0 Å². The van der Waals surface area contributed by atoms with Gasteiger partial charge in [-0.25, -0.2) is 22.2 Å². The van der Waals surface area contributed by atoms with Crippen LogP contribution in [0, 0.1) is 6.92 Å². The van der Waals surface area contributed by atoms with E-state index in [9.17, 15) is 17.2 Å². The van der Waals surface area contributed by atoms with Gasteiger partial charge < -0.3 is 0 Å². The minimum absolute atomic E-state index is 0.260. The fraction of sp³-hybridized carbons (Fsp3) is 0.286. The lowest BCUT2D eigenvalue weighted by Gasteiger charge is -2.08. The predicted molar refractivity (Wildman–Crippen MR) is 52.0 cm³/mol. The van der Waals surface area contributed by atoms with Crippen LogP contribution in [0.15, 0.2) is 11.2 Å². The summed E-state index contributed by atoms with van der Waals surface area (Å²) in [5.41, 5.74) is -0.595. The molecule has 84 valence electrons. The largest absolute Gasteiger partial charge is 0.279 e. The molecule has 0 fully saturated rings. The number of alkyl halides is 2. The van der Waals surface area contributed by atoms with Crippen LogP contribution in [-0.4, -0.2) is 13.4 Å². The van der Waals surface area contributed by atoms with E-state index in [2.05, 4.69) is 4.98 Å². The van der Waals surface area contributed by atoms with Gasteiger partial charge in [0.05, 0.1) is 10.6 Å². The molecule has 0 radical (unpaired) electrons. The molecule has 0 amide bonds. The SMILES string of the molecule is Cc1cnc(S(=O)(=O)Cl)c(C(F)F)c1Cl. The summed E-state index contributed by atoms with van der Waals surface area (Å²) < 4.78 is 47.0. The number of aryl methyl sites for hydroxylation is 1. The van der Waals surface area contributed by atoms with E-state index >= 15 is 0 Å². The molecule has 3 nitrogen and oxygen atoms in total. The molecule has 0 spiro atoms. The molecule has 0 atom stereocenters. The Morgan fingerprint density at radius 2 is 2.00 bits per heavy atom. The maximum Gasteiger partial charge on any atom is 0.279 e. The van der Waals surface area contributed by atoms with Gasteiger partial charge in [0, 0.05) is 16.9 Å². The van der Waals surface area contributed by atoms with Gasteiger partial charge in [0.25, 0.3) is 15.5 Å². The van der Waals surface area contributed by atoms with E-state index < -0.39 is 26.1 Å². The Morgan fingerprint density at radius 1 is 1.47 bits per heavy atom. The third kappa shape index (κ3) is 2.56. The third-order valence-electron chi connectivity index (χ3n) is 1.64. The van der Waals surface area contributed by atoms with Crippen molar-refractivity contribution in [2.24, 2.45) is 0 Å². The van der Waals surface area contributed by atoms with Gasteiger partial charge in [0.1, 0.15) is 0 Å². The van der Waals surface area contributed by atoms with Gasteiger partial charge in [0.15, 0.2) is 5.03 Å². The molecule has 15 heavy (non-hydrogen) atoms. The summed E-state index contributed by atoms with van der Waals surface area (Å²) in [5.74, 6) is 0. The predicted octanol–water partition coefficient (Wildman–Crippen LogP) is 2.91. The second-order valence-corrected chi connectivity index (χ2v) is 5.57. The first kappa shape index (κ1) is 12.6. The Kier molecular flexibility index (Phi) is 3.52. The second-order valence-electron chi connectivity index (χ2n) is 2.71. The number of rotatable bonds is 2. The molecule has 0 aliphatic heterocycles. The molecule has 0 saturated carbocycles. The fourth-order valence-corrected chi connectivity index (χ4v) is 2.25. The smallest absolute Gasteiger partial charge is 0.243 e. The van der Waals surface area contributed by atoms with Crippen LogP contribution in [-0.2, 0) is 9.05 Å². The van der Waals surface area contributed by atoms with Crippen LogP contribution in [0.1, 0.15) is 17.6 Å². The van der Waals surface area contributed by atoms with Gasteiger partial charge in [-0.2, -0.15) is 0 Å². The van der Waals surface area contributed by atoms with E-state index in [0.29, 0.717) is 0 Å². The zero-order valence-corrected chi connectivity index (χ0v) is 9.67. The maximum atomic E-state index is 12.6. The lowest BCUT2D eigenvalue weighted by molar-refractivity contribution is 0.147. The van der Waals surface area contributed by atoms with Crippen molar-refractivity contribution >= 4 is 31.3 Å². The summed E-state index contributed by atoms with van der Waals surface area (Å²) in [7, 11) is 0.629. The van der Waals surface area contributed by atoms with Gasteiger partial charge in [-0.05, 0) is 12.5 Å². The normalized spacial score (nSPS) is 12.1. The maximum absolute atomic E-state index is 12.6. The minimum atomic E-state index is -4.32. The zero-order valence-electron chi connectivity index (χ0n) is 7.34. The van der Waals surface area contributed by atoms with Crippen LogP contribution in [0.25, 0.3) is 0 Å². The first-order valence-corrected chi connectivity index (χ1v) is 6.31. The lowest BCUT2D eigenvalue weighted by atomic mass is 10.2. The average molecular weight is 276 g/mol. The summed E-state index contributed by atoms with van der Waals surface area (Å²) in [6, 6.07) is 0. The van der Waals surface area contributed by atoms with Gasteiger partial charge in [-0.1, -0.05) is 11.6 Å². The van der Waals surface area contributed by atoms with Gasteiger partial charge in [-0.15, -0.1) is 0 Å². The Morgan fingerprint density at radius 3 is 2.40 bits per heavy atom. The van der Waals surface area contributed by atoms with E-state index in [4.69, 9.17) is 22.3 Å². The van der Waals surface area contributed by atoms with Gasteiger partial charge >= 0.3 is 0 Å². The molecule has 0 aromatic carbocycles. The third-order valence-corrected chi connectivity index (χ3v) is 3.37. The summed E-state index contributed by atoms with van der Waals surface area (Å²) >= 11 is 5.56. The number of nitrogens with zero attached hydrogens (tertiary/aromatic N) is 1. The van der Waals surface area contributed by atoms with E-state index in [1.165, 1.54) is 6.92 Å². The summed E-state index contributed by atoms with van der Waals surface area (Å²) in [5, 5.41) is -1.23. The fourth-order valence-electron chi connectivity index (χ4n) is 0.971. The molecule has 0 saturated heterocycles. The van der Waals surface area contributed by atoms with Crippen LogP contribution in [0.4, 0.5) is 8.78 Å². The monoisotopic (exact) mass is 275 g/mol.